The van der Waals surface area contributed by atoms with E-state index in [1.807, 2.05) is 6.92 Å². The van der Waals surface area contributed by atoms with Crippen LogP contribution in [0.25, 0.3) is 0 Å². The van der Waals surface area contributed by atoms with Crippen LogP contribution in [-0.4, -0.2) is 53.5 Å². The van der Waals surface area contributed by atoms with Crippen molar-refractivity contribution in [2.75, 3.05) is 13.1 Å². The van der Waals surface area contributed by atoms with E-state index in [-0.39, 0.29) is 30.3 Å². The standard InChI is InChI=1S/C17H28N4O3/c1-11-5-3-4-7-17(11)15(23)21(16(24)20-17)10-14(22)19-13-6-8-18-12(2)9-13/h11-13,18H,3-10H2,1-2H3,(H,19,22)(H,20,24). The molecule has 134 valence electrons. The van der Waals surface area contributed by atoms with Crippen LogP contribution >= 0.6 is 0 Å². The number of nitrogens with one attached hydrogen (secondary N) is 3. The summed E-state index contributed by atoms with van der Waals surface area (Å²) in [6.07, 6.45) is 5.36. The Labute approximate surface area is 142 Å². The maximum atomic E-state index is 12.8. The molecule has 4 atom stereocenters. The predicted octanol–water partition coefficient (Wildman–Crippen LogP) is 0.744. The van der Waals surface area contributed by atoms with Gasteiger partial charge in [0.25, 0.3) is 5.91 Å². The zero-order valence-corrected chi connectivity index (χ0v) is 14.6. The van der Waals surface area contributed by atoms with Crippen LogP contribution in [-0.2, 0) is 9.59 Å². The van der Waals surface area contributed by atoms with E-state index in [9.17, 15) is 14.4 Å². The smallest absolute Gasteiger partial charge is 0.325 e. The van der Waals surface area contributed by atoms with Gasteiger partial charge in [-0.05, 0) is 45.1 Å². The summed E-state index contributed by atoms with van der Waals surface area (Å²) in [5, 5.41) is 9.19. The van der Waals surface area contributed by atoms with E-state index in [1.165, 1.54) is 0 Å². The third-order valence-electron chi connectivity index (χ3n) is 5.79. The van der Waals surface area contributed by atoms with Crippen molar-refractivity contribution < 1.29 is 14.4 Å². The molecule has 7 nitrogen and oxygen atoms in total. The van der Waals surface area contributed by atoms with Gasteiger partial charge in [-0.15, -0.1) is 0 Å². The highest BCUT2D eigenvalue weighted by atomic mass is 16.2. The van der Waals surface area contributed by atoms with Crippen molar-refractivity contribution >= 4 is 17.8 Å². The van der Waals surface area contributed by atoms with Gasteiger partial charge in [-0.25, -0.2) is 4.79 Å². The van der Waals surface area contributed by atoms with Gasteiger partial charge in [0.05, 0.1) is 0 Å². The first kappa shape index (κ1) is 17.2. The fraction of sp³-hybridized carbons (Fsp3) is 0.824. The van der Waals surface area contributed by atoms with Gasteiger partial charge in [-0.2, -0.15) is 0 Å². The zero-order valence-electron chi connectivity index (χ0n) is 14.6. The number of hydrogen-bond donors (Lipinski definition) is 3. The fourth-order valence-electron chi connectivity index (χ4n) is 4.32. The summed E-state index contributed by atoms with van der Waals surface area (Å²) in [7, 11) is 0. The highest BCUT2D eigenvalue weighted by molar-refractivity contribution is 6.09. The Hall–Kier alpha value is -1.63. The second-order valence-electron chi connectivity index (χ2n) is 7.58. The SMILES string of the molecule is CC1CC(NC(=O)CN2C(=O)NC3(CCCCC3C)C2=O)CCN1. The van der Waals surface area contributed by atoms with E-state index < -0.39 is 11.6 Å². The van der Waals surface area contributed by atoms with Gasteiger partial charge in [0.15, 0.2) is 0 Å². The Morgan fingerprint density at radius 2 is 2.08 bits per heavy atom. The number of nitrogens with zero attached hydrogens (tertiary/aromatic N) is 1. The lowest BCUT2D eigenvalue weighted by atomic mass is 9.73. The summed E-state index contributed by atoms with van der Waals surface area (Å²) >= 11 is 0. The van der Waals surface area contributed by atoms with Crippen LogP contribution in [0.5, 0.6) is 0 Å². The molecular weight excluding hydrogens is 308 g/mol. The molecule has 3 aliphatic rings. The largest absolute Gasteiger partial charge is 0.352 e. The van der Waals surface area contributed by atoms with Gasteiger partial charge < -0.3 is 16.0 Å². The van der Waals surface area contributed by atoms with Gasteiger partial charge in [0, 0.05) is 12.1 Å². The van der Waals surface area contributed by atoms with Gasteiger partial charge >= 0.3 is 6.03 Å². The molecule has 0 bridgehead atoms. The minimum atomic E-state index is -0.793. The number of amides is 4. The topological polar surface area (TPSA) is 90.5 Å². The predicted molar refractivity (Wildman–Crippen MR) is 89.2 cm³/mol. The molecule has 0 aromatic heterocycles. The van der Waals surface area contributed by atoms with Gasteiger partial charge in [-0.3, -0.25) is 14.5 Å². The third kappa shape index (κ3) is 3.14. The average molecular weight is 336 g/mol. The molecule has 0 aromatic rings. The summed E-state index contributed by atoms with van der Waals surface area (Å²) in [5.41, 5.74) is -0.793. The fourth-order valence-corrected chi connectivity index (χ4v) is 4.32. The highest BCUT2D eigenvalue weighted by Crippen LogP contribution is 2.38. The molecule has 1 aliphatic carbocycles. The quantitative estimate of drug-likeness (QED) is 0.663. The normalized spacial score (nSPS) is 36.8. The second-order valence-corrected chi connectivity index (χ2v) is 7.58. The van der Waals surface area contributed by atoms with E-state index in [0.717, 1.165) is 43.5 Å². The summed E-state index contributed by atoms with van der Waals surface area (Å²) in [6.45, 7) is 4.79. The summed E-state index contributed by atoms with van der Waals surface area (Å²) in [5.74, 6) is -0.368. The molecule has 4 amide bonds. The van der Waals surface area contributed by atoms with Crippen molar-refractivity contribution in [1.29, 1.82) is 0 Å². The monoisotopic (exact) mass is 336 g/mol. The van der Waals surface area contributed by atoms with E-state index in [1.54, 1.807) is 0 Å². The number of carbonyl (C=O) groups excluding carboxylic acids is 3. The third-order valence-corrected chi connectivity index (χ3v) is 5.79. The first-order valence-corrected chi connectivity index (χ1v) is 9.09. The molecule has 0 aromatic carbocycles. The van der Waals surface area contributed by atoms with Crippen LogP contribution in [0.2, 0.25) is 0 Å². The molecule has 2 saturated heterocycles. The second kappa shape index (κ2) is 6.70. The Bertz CT molecular complexity index is 538. The number of piperidine rings is 1. The first-order chi connectivity index (χ1) is 11.4. The molecule has 2 aliphatic heterocycles. The minimum absolute atomic E-state index is 0.108. The van der Waals surface area contributed by atoms with E-state index in [0.29, 0.717) is 12.5 Å². The lowest BCUT2D eigenvalue weighted by Gasteiger charge is -2.36. The molecule has 3 fully saturated rings. The molecule has 3 rings (SSSR count). The summed E-state index contributed by atoms with van der Waals surface area (Å²) < 4.78 is 0. The van der Waals surface area contributed by atoms with Gasteiger partial charge in [0.1, 0.15) is 12.1 Å². The maximum absolute atomic E-state index is 12.8. The average Bonchev–Trinajstić information content (AvgIpc) is 2.75. The molecule has 3 N–H and O–H groups in total. The number of rotatable bonds is 3. The highest BCUT2D eigenvalue weighted by Gasteiger charge is 2.55. The summed E-state index contributed by atoms with van der Waals surface area (Å²) in [4.78, 5) is 38.5. The molecule has 2 heterocycles. The minimum Gasteiger partial charge on any atom is -0.352 e. The van der Waals surface area contributed by atoms with Crippen LogP contribution < -0.4 is 16.0 Å². The van der Waals surface area contributed by atoms with Gasteiger partial charge in [0.2, 0.25) is 5.91 Å². The van der Waals surface area contributed by atoms with Crippen molar-refractivity contribution in [2.24, 2.45) is 5.92 Å². The van der Waals surface area contributed by atoms with Crippen molar-refractivity contribution in [2.45, 2.75) is 70.0 Å². The Morgan fingerprint density at radius 1 is 1.29 bits per heavy atom. The number of carbonyl (C=O) groups is 3. The number of hydrogen-bond acceptors (Lipinski definition) is 4. The zero-order chi connectivity index (χ0) is 17.3. The summed E-state index contributed by atoms with van der Waals surface area (Å²) in [6, 6.07) is 0.0479. The van der Waals surface area contributed by atoms with Crippen LogP contribution in [0.4, 0.5) is 4.79 Å². The van der Waals surface area contributed by atoms with Crippen molar-refractivity contribution in [3.63, 3.8) is 0 Å². The molecule has 4 unspecified atom stereocenters. The van der Waals surface area contributed by atoms with Crippen LogP contribution in [0.15, 0.2) is 0 Å². The van der Waals surface area contributed by atoms with Crippen molar-refractivity contribution in [3.05, 3.63) is 0 Å². The van der Waals surface area contributed by atoms with Crippen molar-refractivity contribution in [1.82, 2.24) is 20.9 Å². The maximum Gasteiger partial charge on any atom is 0.325 e. The van der Waals surface area contributed by atoms with E-state index >= 15 is 0 Å². The molecule has 7 heteroatoms. The van der Waals surface area contributed by atoms with E-state index in [4.69, 9.17) is 0 Å². The van der Waals surface area contributed by atoms with Crippen molar-refractivity contribution in [3.8, 4) is 0 Å². The lowest BCUT2D eigenvalue weighted by molar-refractivity contribution is -0.137. The molecule has 1 saturated carbocycles. The molecule has 24 heavy (non-hydrogen) atoms. The Balaban J connectivity index is 1.61. The van der Waals surface area contributed by atoms with Crippen LogP contribution in [0.1, 0.15) is 52.4 Å². The molecule has 1 spiro atoms. The van der Waals surface area contributed by atoms with Crippen LogP contribution in [0, 0.1) is 5.92 Å². The number of imide groups is 1. The van der Waals surface area contributed by atoms with Crippen LogP contribution in [0.3, 0.4) is 0 Å². The Morgan fingerprint density at radius 3 is 2.79 bits per heavy atom. The molecule has 0 radical (unpaired) electrons. The molecular formula is C17H28N4O3. The Kier molecular flexibility index (Phi) is 4.80. The number of urea groups is 1. The first-order valence-electron chi connectivity index (χ1n) is 9.09. The van der Waals surface area contributed by atoms with Gasteiger partial charge in [-0.1, -0.05) is 19.8 Å². The van der Waals surface area contributed by atoms with E-state index in [2.05, 4.69) is 22.9 Å². The lowest BCUT2D eigenvalue weighted by Crippen LogP contribution is -2.54.